The first-order valence-electron chi connectivity index (χ1n) is 39.2. The van der Waals surface area contributed by atoms with Gasteiger partial charge < -0.3 is 139 Å². The van der Waals surface area contributed by atoms with Crippen LogP contribution in [0.4, 0.5) is 9.59 Å². The van der Waals surface area contributed by atoms with Gasteiger partial charge in [-0.05, 0) is 29.2 Å². The Bertz CT molecular complexity index is 3730. The van der Waals surface area contributed by atoms with Gasteiger partial charge in [0.05, 0.1) is 89.2 Å². The summed E-state index contributed by atoms with van der Waals surface area (Å²) in [5.74, 6) is -3.37. The van der Waals surface area contributed by atoms with Crippen LogP contribution in [0.15, 0.2) is 121 Å². The summed E-state index contributed by atoms with van der Waals surface area (Å²) in [6, 6.07) is 39.9. The van der Waals surface area contributed by atoms with Crippen LogP contribution < -0.4 is 11.1 Å². The van der Waals surface area contributed by atoms with E-state index in [9.17, 15) is 43.2 Å². The molecule has 5 amide bonds. The number of rotatable bonds is 20. The third-order valence-corrected chi connectivity index (χ3v) is 18.9. The van der Waals surface area contributed by atoms with E-state index in [0.29, 0.717) is 45.7 Å². The molecule has 4 aromatic carbocycles. The minimum atomic E-state index is -1.08. The van der Waals surface area contributed by atoms with Crippen LogP contribution in [0.1, 0.15) is 134 Å². The van der Waals surface area contributed by atoms with Gasteiger partial charge in [0.25, 0.3) is 0 Å². The van der Waals surface area contributed by atoms with E-state index in [4.69, 9.17) is 65.0 Å². The fraction of sp³-hybridized carbons (Fsp3) is 0.462. The smallest absolute Gasteiger partial charge is 0.503 e. The van der Waals surface area contributed by atoms with Crippen molar-refractivity contribution in [2.75, 3.05) is 123 Å². The predicted octanol–water partition coefficient (Wildman–Crippen LogP) is 13.2. The molecule has 4 heterocycles. The number of benzene rings is 4. The number of carboxylic acids is 2. The molecule has 32 nitrogen and oxygen atoms in total. The average molecular weight is 2900 g/mol. The number of methoxy groups -OCH3 is 3. The minimum absolute atomic E-state index is 0. The van der Waals surface area contributed by atoms with Crippen molar-refractivity contribution >= 4 is 65.6 Å². The van der Waals surface area contributed by atoms with E-state index >= 15 is 0 Å². The maximum atomic E-state index is 12.4. The number of hydrogen-bond acceptors (Lipinski definition) is 21. The molecule has 0 saturated carbocycles. The van der Waals surface area contributed by atoms with Crippen LogP contribution in [0.5, 0.6) is 0 Å². The quantitative estimate of drug-likeness (QED) is 0.0180. The van der Waals surface area contributed by atoms with Crippen LogP contribution in [0.3, 0.4) is 0 Å². The fourth-order valence-electron chi connectivity index (χ4n) is 12.9. The monoisotopic (exact) mass is 2900 g/mol. The third-order valence-electron chi connectivity index (χ3n) is 18.9. The molecular formula is C93H139N13O19U4V4-4. The van der Waals surface area contributed by atoms with Gasteiger partial charge in [0.15, 0.2) is 23.9 Å². The van der Waals surface area contributed by atoms with E-state index in [1.54, 1.807) is 43.7 Å². The number of cyclic esters (lactones) is 2. The van der Waals surface area contributed by atoms with E-state index in [-0.39, 0.29) is 289 Å². The van der Waals surface area contributed by atoms with Crippen LogP contribution >= 0.6 is 0 Å². The predicted molar refractivity (Wildman–Crippen MR) is 485 cm³/mol. The molecule has 0 aromatic heterocycles. The molecule has 0 bridgehead atoms. The Kier molecular flexibility index (Phi) is 102. The number of nitrogens with one attached hydrogen (secondary N) is 2. The summed E-state index contributed by atoms with van der Waals surface area (Å²) in [6.07, 6.45) is -1.61. The molecule has 4 aliphatic heterocycles. The summed E-state index contributed by atoms with van der Waals surface area (Å²) in [5, 5.41) is 29.1. The van der Waals surface area contributed by atoms with E-state index in [2.05, 4.69) is 169 Å². The van der Waals surface area contributed by atoms with Gasteiger partial charge in [-0.15, -0.1) is 52.4 Å². The third kappa shape index (κ3) is 61.9. The number of hydroxylamine groups is 4. The maximum Gasteiger partial charge on any atom is 2.00 e. The Morgan fingerprint density at radius 2 is 0.602 bits per heavy atom. The number of amides is 5. The Hall–Kier alpha value is -5.05. The Balaban J connectivity index is -0.000000114. The molecule has 4 radical (unpaired) electrons. The van der Waals surface area contributed by atoms with Gasteiger partial charge in [-0.1, -0.05) is 177 Å². The second-order valence-electron chi connectivity index (χ2n) is 29.4. The zero-order chi connectivity index (χ0) is 97.7. The molecule has 4 fully saturated rings. The van der Waals surface area contributed by atoms with Crippen LogP contribution in [0.2, 0.25) is 0 Å². The van der Waals surface area contributed by atoms with Crippen molar-refractivity contribution in [2.45, 2.75) is 137 Å². The largest absolute Gasteiger partial charge is 2.00 e. The summed E-state index contributed by atoms with van der Waals surface area (Å²) in [6.45, 7) is 80.3. The molecule has 8 atom stereocenters. The first-order chi connectivity index (χ1) is 58.4. The summed E-state index contributed by atoms with van der Waals surface area (Å²) in [4.78, 5) is 138. The fourth-order valence-corrected chi connectivity index (χ4v) is 12.9. The summed E-state index contributed by atoms with van der Waals surface area (Å²) in [5.41, 5.74) is 7.86. The van der Waals surface area contributed by atoms with Gasteiger partial charge >= 0.3 is 143 Å². The number of esters is 3. The summed E-state index contributed by atoms with van der Waals surface area (Å²) in [7, 11) is 15.4. The normalized spacial score (nSPS) is 17.6. The average Bonchev–Trinajstić information content (AvgIpc) is 1.68. The maximum absolute atomic E-state index is 12.4. The van der Waals surface area contributed by atoms with Gasteiger partial charge in [-0.2, -0.15) is 10.1 Å². The standard InChI is InChI=1S/2C19H26N2O3.C18H26N2O2.C14H19NO3.C4H9N.3C3H5O2.C2H6N2.3C2H3N.C2H3O2.4U.4V/c2*1-6-21(7-2)16(22)13-15-19(3,4)17(20(5)18(23)24-15)14-11-9-8-10-12-14;1-6-20(7-2)16(21)13-15-18(3,4)17(19(5)22-15)14-11-9-8-10-12-14;1-14(2)11(9-12(16)17)18-15(3)13(14)10-7-5-4-6-8-10;1-3-5-4-2;3*1-3(4)5-2;1-2(3)4;3*1-3-2;1-2(3)4;;;;;;;;/h2*8-12,15,17H,1-2,6-7,13H2,3-5H3;8-12,15,17H,1-2,6-7,13H2,3-5H3;4-8,11,13H,9H2,1-3H3,(H,16,17);5H,1-4H2;3*1H2,2H3;1H3,(H3,3,4);3*1H3;1H2,(H,3,4);;;;;;;;/q3*-2;;-2;3*-1;;;;;-1;4*+2;;;;. The van der Waals surface area contributed by atoms with Crippen molar-refractivity contribution in [1.82, 2.24) is 39.9 Å². The Morgan fingerprint density at radius 3 is 0.767 bits per heavy atom. The molecule has 8 unspecified atom stereocenters. The number of ether oxygens (including phenoxy) is 5. The molecular weight excluding hydrogens is 2760 g/mol. The number of nitrogens with zero attached hydrogens (tertiary/aromatic N) is 10. The summed E-state index contributed by atoms with van der Waals surface area (Å²) < 4.78 is 23.1. The van der Waals surface area contributed by atoms with Crippen molar-refractivity contribution in [1.29, 1.82) is 5.41 Å². The SMILES string of the molecule is CC(=N)N.CN1OC(CC(=O)O)C(C)(C)C1c1ccccc1.[C-]#[N+]C.[C-]#[N+]C.[C-]#[N+]C.[CH2-]C(=O)O.[CH2-]C(=O)OC.[CH2-]C(=O)OC.[CH2-]C(=O)OC.[CH2-]CN(C[CH2-])C(=O)CC1OC(=O)N(C)C(c2ccccc2)C1(C)C.[CH2-]CN(C[CH2-])C(=O)CC1OC(=O)N(C)C(c2ccccc2)C1(C)C.[CH2-]CN(C[CH2-])C(=O)CC1ON(C)C(c2ccccc2)C1(C)C.[CH2-]CNC[CH2-].[U+2].[U+2].[U+2].[U+2].[V].[V].[V].[V]. The van der Waals surface area contributed by atoms with E-state index < -0.39 is 65.1 Å². The van der Waals surface area contributed by atoms with Crippen LogP contribution in [-0.2, 0) is 146 Å². The summed E-state index contributed by atoms with van der Waals surface area (Å²) >= 11 is 0. The van der Waals surface area contributed by atoms with Crippen LogP contribution in [-0.4, -0.2) is 258 Å². The van der Waals surface area contributed by atoms with Crippen molar-refractivity contribution in [3.8, 4) is 0 Å². The molecule has 730 valence electrons. The zero-order valence-corrected chi connectivity index (χ0v) is 103. The Morgan fingerprint density at radius 1 is 0.429 bits per heavy atom. The number of nitrogens with two attached hydrogens (primary N) is 1. The van der Waals surface area contributed by atoms with Gasteiger partial charge in [-0.25, -0.2) is 29.3 Å². The van der Waals surface area contributed by atoms with Crippen molar-refractivity contribution in [3.63, 3.8) is 0 Å². The molecule has 0 spiro atoms. The number of aliphatic carboxylic acids is 2. The van der Waals surface area contributed by atoms with Crippen molar-refractivity contribution in [3.05, 3.63) is 261 Å². The van der Waals surface area contributed by atoms with Crippen LogP contribution in [0, 0.1) is 254 Å². The zero-order valence-electron chi connectivity index (χ0n) is 80.8. The first-order valence-corrected chi connectivity index (χ1v) is 39.2. The van der Waals surface area contributed by atoms with E-state index in [0.717, 1.165) is 29.8 Å². The molecule has 40 heteroatoms. The van der Waals surface area contributed by atoms with Crippen molar-refractivity contribution in [2.24, 2.45) is 27.4 Å². The number of carbonyl (C=O) groups is 10. The van der Waals surface area contributed by atoms with Crippen LogP contribution in [0.25, 0.3) is 14.5 Å². The molecule has 0 aliphatic carbocycles. The molecule has 4 aliphatic rings. The number of hydrogen-bond donors (Lipinski definition) is 5. The number of carboxylic acid groups (broad SMARTS) is 2. The molecule has 6 N–H and O–H groups in total. The number of carbonyl (C=O) groups excluding carboxylic acids is 8. The molecule has 4 saturated heterocycles. The van der Waals surface area contributed by atoms with E-state index in [1.165, 1.54) is 55.0 Å². The minimum Gasteiger partial charge on any atom is -0.503 e. The van der Waals surface area contributed by atoms with Gasteiger partial charge in [0.1, 0.15) is 12.2 Å². The molecule has 133 heavy (non-hydrogen) atoms. The topological polar surface area (TPSA) is 373 Å². The second kappa shape index (κ2) is 87.2. The first kappa shape index (κ1) is 156. The van der Waals surface area contributed by atoms with Gasteiger partial charge in [0, 0.05) is 124 Å². The second-order valence-corrected chi connectivity index (χ2v) is 29.4. The number of amidine groups is 1. The van der Waals surface area contributed by atoms with Gasteiger partial charge in [0.2, 0.25) is 38.9 Å². The van der Waals surface area contributed by atoms with E-state index in [1.807, 2.05) is 144 Å². The van der Waals surface area contributed by atoms with Gasteiger partial charge in [-0.3, -0.25) is 81.1 Å². The van der Waals surface area contributed by atoms with Crippen molar-refractivity contribution < 1.29 is 290 Å². The molecule has 8 rings (SSSR count). The molecule has 4 aromatic rings. The Labute approximate surface area is 938 Å².